The molecule has 0 aliphatic rings. The number of aliphatic hydroxyl groups excluding tert-OH is 1. The molecule has 3 N–H and O–H groups in total. The van der Waals surface area contributed by atoms with Gasteiger partial charge in [0.1, 0.15) is 5.75 Å². The minimum absolute atomic E-state index is 0.0350. The van der Waals surface area contributed by atoms with Crippen LogP contribution in [0.25, 0.3) is 0 Å². The molecule has 0 saturated carbocycles. The molecule has 1 rings (SSSR count). The van der Waals surface area contributed by atoms with E-state index < -0.39 is 6.10 Å². The molecule has 1 aromatic rings. The average Bonchev–Trinajstić information content (AvgIpc) is 2.20. The first-order chi connectivity index (χ1) is 7.90. The Labute approximate surface area is 114 Å². The Morgan fingerprint density at radius 3 is 2.71 bits per heavy atom. The van der Waals surface area contributed by atoms with Crippen LogP contribution in [0.5, 0.6) is 5.75 Å². The molecule has 0 saturated heterocycles. The van der Waals surface area contributed by atoms with E-state index in [1.165, 1.54) is 6.07 Å². The first-order valence-electron chi connectivity index (χ1n) is 5.37. The molecule has 5 heteroatoms. The number of aromatic hydroxyl groups is 1. The summed E-state index contributed by atoms with van der Waals surface area (Å²) in [6, 6.07) is 4.71. The monoisotopic (exact) mass is 349 g/mol. The molecule has 17 heavy (non-hydrogen) atoms. The smallest absolute Gasteiger partial charge is 0.255 e. The number of amides is 1. The van der Waals surface area contributed by atoms with E-state index in [4.69, 9.17) is 0 Å². The van der Waals surface area contributed by atoms with Crippen molar-refractivity contribution in [3.05, 3.63) is 27.3 Å². The third-order valence-corrected chi connectivity index (χ3v) is 2.95. The van der Waals surface area contributed by atoms with E-state index in [2.05, 4.69) is 27.9 Å². The van der Waals surface area contributed by atoms with Crippen LogP contribution in [-0.2, 0) is 0 Å². The summed E-state index contributed by atoms with van der Waals surface area (Å²) >= 11 is 2.08. The van der Waals surface area contributed by atoms with E-state index in [1.807, 2.05) is 6.92 Å². The largest absolute Gasteiger partial charge is 0.507 e. The molecule has 4 nitrogen and oxygen atoms in total. The number of nitrogens with one attached hydrogen (secondary N) is 1. The van der Waals surface area contributed by atoms with Gasteiger partial charge in [0.05, 0.1) is 11.7 Å². The van der Waals surface area contributed by atoms with Gasteiger partial charge in [-0.25, -0.2) is 0 Å². The van der Waals surface area contributed by atoms with Crippen molar-refractivity contribution in [2.75, 3.05) is 0 Å². The maximum Gasteiger partial charge on any atom is 0.255 e. The quantitative estimate of drug-likeness (QED) is 0.727. The number of phenolic OH excluding ortho intramolecular Hbond substituents is 1. The topological polar surface area (TPSA) is 69.6 Å². The van der Waals surface area contributed by atoms with E-state index in [1.54, 1.807) is 19.1 Å². The van der Waals surface area contributed by atoms with Gasteiger partial charge in [-0.2, -0.15) is 0 Å². The summed E-state index contributed by atoms with van der Waals surface area (Å²) in [5.41, 5.74) is 0.259. The molecular formula is C12H16INO3. The van der Waals surface area contributed by atoms with E-state index in [0.29, 0.717) is 6.42 Å². The van der Waals surface area contributed by atoms with Gasteiger partial charge < -0.3 is 15.5 Å². The molecule has 0 aliphatic heterocycles. The van der Waals surface area contributed by atoms with Crippen molar-refractivity contribution in [1.82, 2.24) is 5.32 Å². The highest BCUT2D eigenvalue weighted by Crippen LogP contribution is 2.19. The predicted molar refractivity (Wildman–Crippen MR) is 74.0 cm³/mol. The molecule has 0 spiro atoms. The van der Waals surface area contributed by atoms with Gasteiger partial charge in [0, 0.05) is 9.61 Å². The first-order valence-corrected chi connectivity index (χ1v) is 6.45. The van der Waals surface area contributed by atoms with Crippen LogP contribution in [0.2, 0.25) is 0 Å². The van der Waals surface area contributed by atoms with Crippen LogP contribution < -0.4 is 5.32 Å². The zero-order valence-electron chi connectivity index (χ0n) is 9.77. The highest BCUT2D eigenvalue weighted by atomic mass is 127. The Morgan fingerprint density at radius 1 is 1.47 bits per heavy atom. The van der Waals surface area contributed by atoms with Crippen LogP contribution in [0, 0.1) is 3.57 Å². The maximum absolute atomic E-state index is 11.9. The Bertz CT molecular complexity index is 407. The van der Waals surface area contributed by atoms with Crippen LogP contribution in [0.3, 0.4) is 0 Å². The zero-order valence-corrected chi connectivity index (χ0v) is 11.9. The van der Waals surface area contributed by atoms with Crippen molar-refractivity contribution in [1.29, 1.82) is 0 Å². The number of hydrogen-bond acceptors (Lipinski definition) is 3. The molecule has 0 aliphatic carbocycles. The van der Waals surface area contributed by atoms with Crippen molar-refractivity contribution in [2.45, 2.75) is 32.4 Å². The van der Waals surface area contributed by atoms with Gasteiger partial charge in [-0.15, -0.1) is 0 Å². The number of carbonyl (C=O) groups excluding carboxylic acids is 1. The molecule has 1 aromatic carbocycles. The Hall–Kier alpha value is -0.820. The highest BCUT2D eigenvalue weighted by molar-refractivity contribution is 14.1. The van der Waals surface area contributed by atoms with Crippen LogP contribution >= 0.6 is 22.6 Å². The number of benzene rings is 1. The summed E-state index contributed by atoms with van der Waals surface area (Å²) in [6.07, 6.45) is 0.0194. The third kappa shape index (κ3) is 4.51. The molecule has 0 radical (unpaired) electrons. The maximum atomic E-state index is 11.9. The van der Waals surface area contributed by atoms with Crippen molar-refractivity contribution >= 4 is 28.5 Å². The van der Waals surface area contributed by atoms with Gasteiger partial charge in [-0.05, 0) is 61.1 Å². The number of aliphatic hydroxyl groups is 1. The van der Waals surface area contributed by atoms with E-state index in [9.17, 15) is 15.0 Å². The fourth-order valence-electron chi connectivity index (χ4n) is 1.56. The number of carbonyl (C=O) groups is 1. The summed E-state index contributed by atoms with van der Waals surface area (Å²) < 4.78 is 0.883. The van der Waals surface area contributed by atoms with Crippen molar-refractivity contribution in [3.8, 4) is 5.75 Å². The summed E-state index contributed by atoms with van der Waals surface area (Å²) in [4.78, 5) is 11.9. The minimum Gasteiger partial charge on any atom is -0.507 e. The van der Waals surface area contributed by atoms with Gasteiger partial charge in [-0.3, -0.25) is 4.79 Å². The second-order valence-electron chi connectivity index (χ2n) is 4.12. The van der Waals surface area contributed by atoms with Gasteiger partial charge in [-0.1, -0.05) is 0 Å². The van der Waals surface area contributed by atoms with E-state index in [0.717, 1.165) is 3.57 Å². The lowest BCUT2D eigenvalue weighted by atomic mass is 10.1. The lowest BCUT2D eigenvalue weighted by Gasteiger charge is -2.15. The lowest BCUT2D eigenvalue weighted by molar-refractivity contribution is 0.0920. The molecule has 0 fully saturated rings. The van der Waals surface area contributed by atoms with E-state index in [-0.39, 0.29) is 23.3 Å². The molecule has 2 unspecified atom stereocenters. The summed E-state index contributed by atoms with van der Waals surface area (Å²) in [5.74, 6) is -0.360. The molecule has 1 amide bonds. The minimum atomic E-state index is -0.463. The molecular weight excluding hydrogens is 333 g/mol. The molecule has 0 bridgehead atoms. The summed E-state index contributed by atoms with van der Waals surface area (Å²) in [5, 5.41) is 21.5. The number of halogens is 1. The van der Waals surface area contributed by atoms with Crippen molar-refractivity contribution < 1.29 is 15.0 Å². The average molecular weight is 349 g/mol. The second-order valence-corrected chi connectivity index (χ2v) is 5.37. The van der Waals surface area contributed by atoms with Gasteiger partial charge in [0.2, 0.25) is 0 Å². The first kappa shape index (κ1) is 14.2. The fraction of sp³-hybridized carbons (Fsp3) is 0.417. The number of phenols is 1. The predicted octanol–water partition coefficient (Wildman–Crippen LogP) is 1.89. The SMILES string of the molecule is CC(O)CC(C)NC(=O)c1cc(I)ccc1O. The van der Waals surface area contributed by atoms with Gasteiger partial charge >= 0.3 is 0 Å². The Kier molecular flexibility index (Phi) is 5.20. The fourth-order valence-corrected chi connectivity index (χ4v) is 2.05. The molecule has 0 heterocycles. The van der Waals surface area contributed by atoms with Gasteiger partial charge in [0.25, 0.3) is 5.91 Å². The Balaban J connectivity index is 2.73. The van der Waals surface area contributed by atoms with Crippen LogP contribution in [-0.4, -0.2) is 28.3 Å². The Morgan fingerprint density at radius 2 is 2.12 bits per heavy atom. The third-order valence-electron chi connectivity index (χ3n) is 2.28. The summed E-state index contributed by atoms with van der Waals surface area (Å²) in [7, 11) is 0. The lowest BCUT2D eigenvalue weighted by Crippen LogP contribution is -2.34. The molecule has 94 valence electrons. The highest BCUT2D eigenvalue weighted by Gasteiger charge is 2.15. The molecule has 0 aromatic heterocycles. The summed E-state index contributed by atoms with van der Waals surface area (Å²) in [6.45, 7) is 3.49. The number of rotatable bonds is 4. The number of hydrogen-bond donors (Lipinski definition) is 3. The second kappa shape index (κ2) is 6.20. The van der Waals surface area contributed by atoms with E-state index >= 15 is 0 Å². The van der Waals surface area contributed by atoms with Crippen LogP contribution in [0.4, 0.5) is 0 Å². The zero-order chi connectivity index (χ0) is 13.0. The molecule has 2 atom stereocenters. The van der Waals surface area contributed by atoms with Crippen LogP contribution in [0.1, 0.15) is 30.6 Å². The van der Waals surface area contributed by atoms with Crippen molar-refractivity contribution in [3.63, 3.8) is 0 Å². The van der Waals surface area contributed by atoms with Gasteiger partial charge in [0.15, 0.2) is 0 Å². The standard InChI is InChI=1S/C12H16INO3/c1-7(5-8(2)15)14-12(17)10-6-9(13)3-4-11(10)16/h3-4,6-8,15-16H,5H2,1-2H3,(H,14,17). The van der Waals surface area contributed by atoms with Crippen molar-refractivity contribution in [2.24, 2.45) is 0 Å². The van der Waals surface area contributed by atoms with Crippen LogP contribution in [0.15, 0.2) is 18.2 Å². The normalized spacial score (nSPS) is 14.1.